The van der Waals surface area contributed by atoms with E-state index >= 15 is 0 Å². The molecule has 8 heteroatoms. The van der Waals surface area contributed by atoms with Gasteiger partial charge in [-0.3, -0.25) is 4.79 Å². The van der Waals surface area contributed by atoms with Crippen LogP contribution in [0.15, 0.2) is 24.3 Å². The summed E-state index contributed by atoms with van der Waals surface area (Å²) in [6, 6.07) is 5.28. The Hall–Kier alpha value is -1.80. The maximum absolute atomic E-state index is 12.7. The molecular formula is C17H20F3NO4. The number of carbonyl (C=O) groups excluding carboxylic acids is 1. The Morgan fingerprint density at radius 1 is 1.16 bits per heavy atom. The van der Waals surface area contributed by atoms with Gasteiger partial charge in [0.15, 0.2) is 6.29 Å². The van der Waals surface area contributed by atoms with Crippen LogP contribution in [-0.2, 0) is 20.7 Å². The molecule has 2 saturated heterocycles. The molecule has 5 nitrogen and oxygen atoms in total. The van der Waals surface area contributed by atoms with Crippen LogP contribution in [0.5, 0.6) is 5.75 Å². The van der Waals surface area contributed by atoms with Crippen molar-refractivity contribution in [2.24, 2.45) is 0 Å². The van der Waals surface area contributed by atoms with Gasteiger partial charge in [-0.05, 0) is 37.0 Å². The molecule has 1 unspecified atom stereocenters. The molecule has 1 atom stereocenters. The first-order chi connectivity index (χ1) is 11.9. The lowest BCUT2D eigenvalue weighted by atomic mass is 10.00. The summed E-state index contributed by atoms with van der Waals surface area (Å²) in [7, 11) is 0. The Morgan fingerprint density at radius 2 is 1.84 bits per heavy atom. The molecule has 2 fully saturated rings. The van der Waals surface area contributed by atoms with Crippen molar-refractivity contribution in [1.82, 2.24) is 4.90 Å². The van der Waals surface area contributed by atoms with Crippen LogP contribution in [0.2, 0.25) is 0 Å². The maximum Gasteiger partial charge on any atom is 0.573 e. The fourth-order valence-corrected chi connectivity index (χ4v) is 3.23. The van der Waals surface area contributed by atoms with Crippen molar-refractivity contribution in [2.75, 3.05) is 19.8 Å². The molecule has 0 radical (unpaired) electrons. The summed E-state index contributed by atoms with van der Waals surface area (Å²) >= 11 is 0. The van der Waals surface area contributed by atoms with Gasteiger partial charge in [0.2, 0.25) is 5.91 Å². The van der Waals surface area contributed by atoms with E-state index in [4.69, 9.17) is 9.47 Å². The molecule has 0 aliphatic carbocycles. The van der Waals surface area contributed by atoms with Crippen molar-refractivity contribution < 1.29 is 32.2 Å². The molecule has 2 aliphatic rings. The first-order valence-electron chi connectivity index (χ1n) is 8.30. The topological polar surface area (TPSA) is 48.0 Å². The van der Waals surface area contributed by atoms with Gasteiger partial charge in [0.05, 0.1) is 25.7 Å². The number of ether oxygens (including phenoxy) is 3. The highest BCUT2D eigenvalue weighted by Crippen LogP contribution is 2.26. The highest BCUT2D eigenvalue weighted by Gasteiger charge is 2.36. The second kappa shape index (κ2) is 7.61. The molecule has 2 heterocycles. The monoisotopic (exact) mass is 359 g/mol. The minimum Gasteiger partial charge on any atom is -0.406 e. The molecule has 0 N–H and O–H groups in total. The zero-order chi connectivity index (χ0) is 17.9. The van der Waals surface area contributed by atoms with Crippen molar-refractivity contribution in [3.05, 3.63) is 29.8 Å². The summed E-state index contributed by atoms with van der Waals surface area (Å²) in [6.07, 6.45) is -2.22. The molecule has 1 aromatic rings. The second-order valence-electron chi connectivity index (χ2n) is 6.13. The summed E-state index contributed by atoms with van der Waals surface area (Å²) in [5, 5.41) is 0. The van der Waals surface area contributed by atoms with Crippen molar-refractivity contribution in [2.45, 2.75) is 44.4 Å². The predicted molar refractivity (Wildman–Crippen MR) is 81.9 cm³/mol. The lowest BCUT2D eigenvalue weighted by molar-refractivity contribution is -0.274. The average molecular weight is 359 g/mol. The van der Waals surface area contributed by atoms with Gasteiger partial charge in [-0.2, -0.15) is 0 Å². The number of piperidine rings is 1. The van der Waals surface area contributed by atoms with Gasteiger partial charge >= 0.3 is 6.36 Å². The number of likely N-dealkylation sites (tertiary alicyclic amines) is 1. The minimum absolute atomic E-state index is 0.0757. The maximum atomic E-state index is 12.7. The molecule has 0 bridgehead atoms. The first kappa shape index (κ1) is 18.0. The van der Waals surface area contributed by atoms with Crippen LogP contribution in [-0.4, -0.2) is 49.3 Å². The van der Waals surface area contributed by atoms with E-state index in [9.17, 15) is 18.0 Å². The Balaban J connectivity index is 1.62. The minimum atomic E-state index is -4.72. The van der Waals surface area contributed by atoms with Gasteiger partial charge in [-0.1, -0.05) is 12.1 Å². The number of benzene rings is 1. The van der Waals surface area contributed by atoms with Gasteiger partial charge < -0.3 is 19.1 Å². The molecule has 25 heavy (non-hydrogen) atoms. The normalized spacial score (nSPS) is 22.2. The van der Waals surface area contributed by atoms with Crippen LogP contribution in [0.25, 0.3) is 0 Å². The average Bonchev–Trinajstić information content (AvgIpc) is 3.10. The van der Waals surface area contributed by atoms with E-state index in [1.807, 2.05) is 0 Å². The predicted octanol–water partition coefficient (Wildman–Crippen LogP) is 2.88. The highest BCUT2D eigenvalue weighted by atomic mass is 19.4. The van der Waals surface area contributed by atoms with E-state index in [2.05, 4.69) is 4.74 Å². The number of rotatable bonds is 4. The molecule has 1 amide bonds. The molecule has 1 aromatic carbocycles. The third kappa shape index (κ3) is 4.85. The summed E-state index contributed by atoms with van der Waals surface area (Å²) in [5.41, 5.74) is 0.636. The van der Waals surface area contributed by atoms with Crippen LogP contribution in [0.1, 0.15) is 24.8 Å². The molecule has 138 valence electrons. The Kier molecular flexibility index (Phi) is 5.48. The lowest BCUT2D eigenvalue weighted by Crippen LogP contribution is -2.50. The highest BCUT2D eigenvalue weighted by molar-refractivity contribution is 5.79. The Labute approximate surface area is 143 Å². The third-order valence-corrected chi connectivity index (χ3v) is 4.34. The molecule has 0 saturated carbocycles. The van der Waals surface area contributed by atoms with Gasteiger partial charge in [-0.15, -0.1) is 13.2 Å². The zero-order valence-electron chi connectivity index (χ0n) is 13.6. The lowest BCUT2D eigenvalue weighted by Gasteiger charge is -2.38. The van der Waals surface area contributed by atoms with Crippen LogP contribution < -0.4 is 4.74 Å². The van der Waals surface area contributed by atoms with Crippen LogP contribution in [0, 0.1) is 0 Å². The Morgan fingerprint density at radius 3 is 2.48 bits per heavy atom. The van der Waals surface area contributed by atoms with Crippen LogP contribution in [0.3, 0.4) is 0 Å². The van der Waals surface area contributed by atoms with E-state index in [1.54, 1.807) is 4.90 Å². The fraction of sp³-hybridized carbons (Fsp3) is 0.588. The smallest absolute Gasteiger partial charge is 0.406 e. The SMILES string of the molecule is O=C(Cc1ccc(OC(F)(F)F)cc1)N1CCCCC1C1OCCO1. The summed E-state index contributed by atoms with van der Waals surface area (Å²) < 4.78 is 51.5. The number of hydrogen-bond acceptors (Lipinski definition) is 4. The number of amides is 1. The van der Waals surface area contributed by atoms with E-state index in [-0.39, 0.29) is 30.4 Å². The van der Waals surface area contributed by atoms with E-state index in [0.29, 0.717) is 25.3 Å². The molecular weight excluding hydrogens is 339 g/mol. The number of halogens is 3. The first-order valence-corrected chi connectivity index (χ1v) is 8.30. The number of carbonyl (C=O) groups is 1. The zero-order valence-corrected chi connectivity index (χ0v) is 13.6. The third-order valence-electron chi connectivity index (χ3n) is 4.34. The van der Waals surface area contributed by atoms with Crippen molar-refractivity contribution in [1.29, 1.82) is 0 Å². The van der Waals surface area contributed by atoms with Crippen molar-refractivity contribution in [3.63, 3.8) is 0 Å². The molecule has 2 aliphatic heterocycles. The quantitative estimate of drug-likeness (QED) is 0.830. The summed E-state index contributed by atoms with van der Waals surface area (Å²) in [6.45, 7) is 1.70. The van der Waals surface area contributed by atoms with Crippen molar-refractivity contribution >= 4 is 5.91 Å². The fourth-order valence-electron chi connectivity index (χ4n) is 3.23. The van der Waals surface area contributed by atoms with Gasteiger partial charge in [-0.25, -0.2) is 0 Å². The number of hydrogen-bond donors (Lipinski definition) is 0. The van der Waals surface area contributed by atoms with Gasteiger partial charge in [0.1, 0.15) is 5.75 Å². The Bertz CT molecular complexity index is 585. The summed E-state index contributed by atoms with van der Waals surface area (Å²) in [4.78, 5) is 14.4. The van der Waals surface area contributed by atoms with E-state index in [0.717, 1.165) is 19.3 Å². The molecule has 0 spiro atoms. The largest absolute Gasteiger partial charge is 0.573 e. The summed E-state index contributed by atoms with van der Waals surface area (Å²) in [5.74, 6) is -0.374. The van der Waals surface area contributed by atoms with Crippen molar-refractivity contribution in [3.8, 4) is 5.75 Å². The molecule has 0 aromatic heterocycles. The van der Waals surface area contributed by atoms with E-state index in [1.165, 1.54) is 24.3 Å². The standard InChI is InChI=1S/C17H20F3NO4/c18-17(19,20)25-13-6-4-12(5-7-13)11-15(22)21-8-2-1-3-14(21)16-23-9-10-24-16/h4-7,14,16H,1-3,8-11H2. The number of alkyl halides is 3. The van der Waals surface area contributed by atoms with Gasteiger partial charge in [0, 0.05) is 6.54 Å². The van der Waals surface area contributed by atoms with E-state index < -0.39 is 6.36 Å². The van der Waals surface area contributed by atoms with Gasteiger partial charge in [0.25, 0.3) is 0 Å². The molecule has 3 rings (SSSR count). The number of nitrogens with zero attached hydrogens (tertiary/aromatic N) is 1. The van der Waals surface area contributed by atoms with Crippen LogP contribution in [0.4, 0.5) is 13.2 Å². The van der Waals surface area contributed by atoms with Crippen LogP contribution >= 0.6 is 0 Å². The second-order valence-corrected chi connectivity index (χ2v) is 6.13.